The van der Waals surface area contributed by atoms with Crippen LogP contribution in [-0.4, -0.2) is 15.3 Å². The third-order valence-electron chi connectivity index (χ3n) is 2.59. The summed E-state index contributed by atoms with van der Waals surface area (Å²) in [5, 5.41) is 15.9. The van der Waals surface area contributed by atoms with Crippen molar-refractivity contribution in [2.24, 2.45) is 5.41 Å². The van der Waals surface area contributed by atoms with Crippen LogP contribution in [-0.2, 0) is 13.0 Å². The van der Waals surface area contributed by atoms with Crippen LogP contribution in [0.4, 0.5) is 0 Å². The van der Waals surface area contributed by atoms with Gasteiger partial charge in [0, 0.05) is 11.3 Å². The molecule has 0 aliphatic rings. The minimum absolute atomic E-state index is 0.0750. The van der Waals surface area contributed by atoms with Crippen LogP contribution in [0.25, 0.3) is 0 Å². The molecule has 2 N–H and O–H groups in total. The predicted octanol–water partition coefficient (Wildman–Crippen LogP) is 1.88. The summed E-state index contributed by atoms with van der Waals surface area (Å²) >= 11 is 0. The molecule has 13 heavy (non-hydrogen) atoms. The lowest BCUT2D eigenvalue weighted by molar-refractivity contribution is 0.277. The Kier molecular flexibility index (Phi) is 3.09. The van der Waals surface area contributed by atoms with E-state index in [2.05, 4.69) is 31.0 Å². The first-order valence-corrected chi connectivity index (χ1v) is 4.71. The van der Waals surface area contributed by atoms with E-state index in [1.165, 1.54) is 0 Å². The molecule has 3 heteroatoms. The van der Waals surface area contributed by atoms with Gasteiger partial charge in [-0.1, -0.05) is 27.2 Å². The molecule has 0 aliphatic heterocycles. The number of nitrogens with one attached hydrogen (secondary N) is 1. The summed E-state index contributed by atoms with van der Waals surface area (Å²) in [6.45, 7) is 6.69. The van der Waals surface area contributed by atoms with Gasteiger partial charge in [-0.15, -0.1) is 0 Å². The highest BCUT2D eigenvalue weighted by atomic mass is 16.3. The lowest BCUT2D eigenvalue weighted by atomic mass is 9.84. The van der Waals surface area contributed by atoms with Crippen LogP contribution in [0.1, 0.15) is 38.4 Å². The van der Waals surface area contributed by atoms with Crippen LogP contribution in [0.5, 0.6) is 0 Å². The smallest absolute Gasteiger partial charge is 0.0715 e. The van der Waals surface area contributed by atoms with Gasteiger partial charge in [-0.2, -0.15) is 5.10 Å². The summed E-state index contributed by atoms with van der Waals surface area (Å²) in [4.78, 5) is 0. The number of nitrogens with zero attached hydrogens (tertiary/aromatic N) is 1. The van der Waals surface area contributed by atoms with Gasteiger partial charge in [-0.05, 0) is 11.8 Å². The van der Waals surface area contributed by atoms with Gasteiger partial charge >= 0.3 is 0 Å². The van der Waals surface area contributed by atoms with Gasteiger partial charge in [0.1, 0.15) is 0 Å². The molecule has 0 aromatic carbocycles. The van der Waals surface area contributed by atoms with Crippen molar-refractivity contribution in [1.82, 2.24) is 10.2 Å². The number of aromatic amines is 1. The molecule has 0 radical (unpaired) electrons. The number of hydrogen-bond acceptors (Lipinski definition) is 2. The fourth-order valence-electron chi connectivity index (χ4n) is 1.23. The van der Waals surface area contributed by atoms with Crippen molar-refractivity contribution in [1.29, 1.82) is 0 Å². The largest absolute Gasteiger partial charge is 0.392 e. The van der Waals surface area contributed by atoms with Gasteiger partial charge < -0.3 is 5.11 Å². The number of aliphatic hydroxyl groups excluding tert-OH is 1. The van der Waals surface area contributed by atoms with Crippen LogP contribution in [0, 0.1) is 5.41 Å². The van der Waals surface area contributed by atoms with E-state index in [1.807, 2.05) is 0 Å². The molecule has 1 aromatic heterocycles. The summed E-state index contributed by atoms with van der Waals surface area (Å²) in [5.74, 6) is 0. The molecule has 0 saturated heterocycles. The van der Waals surface area contributed by atoms with Gasteiger partial charge in [-0.25, -0.2) is 0 Å². The molecule has 0 aliphatic carbocycles. The molecule has 0 unspecified atom stereocenters. The first kappa shape index (κ1) is 10.3. The minimum atomic E-state index is 0.0750. The standard InChI is InChI=1S/C10H18N2O/c1-4-10(2,3)5-9-8(7-13)6-11-12-9/h6,13H,4-5,7H2,1-3H3,(H,11,12). The molecule has 0 fully saturated rings. The second-order valence-corrected chi connectivity index (χ2v) is 4.23. The molecule has 0 bridgehead atoms. The van der Waals surface area contributed by atoms with Gasteiger partial charge in [0.05, 0.1) is 12.8 Å². The van der Waals surface area contributed by atoms with Gasteiger partial charge in [0.2, 0.25) is 0 Å². The summed E-state index contributed by atoms with van der Waals surface area (Å²) in [5.41, 5.74) is 2.26. The Labute approximate surface area is 79.2 Å². The van der Waals surface area contributed by atoms with Crippen molar-refractivity contribution in [3.63, 3.8) is 0 Å². The molecule has 74 valence electrons. The Morgan fingerprint density at radius 2 is 2.23 bits per heavy atom. The van der Waals surface area contributed by atoms with Crippen LogP contribution in [0.15, 0.2) is 6.20 Å². The van der Waals surface area contributed by atoms with Crippen molar-refractivity contribution in [3.05, 3.63) is 17.5 Å². The molecule has 1 aromatic rings. The summed E-state index contributed by atoms with van der Waals surface area (Å²) in [6, 6.07) is 0. The third-order valence-corrected chi connectivity index (χ3v) is 2.59. The van der Waals surface area contributed by atoms with E-state index in [0.29, 0.717) is 0 Å². The van der Waals surface area contributed by atoms with Gasteiger partial charge in [0.25, 0.3) is 0 Å². The van der Waals surface area contributed by atoms with Crippen LogP contribution >= 0.6 is 0 Å². The Morgan fingerprint density at radius 1 is 1.54 bits per heavy atom. The second kappa shape index (κ2) is 3.92. The average molecular weight is 182 g/mol. The highest BCUT2D eigenvalue weighted by Crippen LogP contribution is 2.25. The van der Waals surface area contributed by atoms with E-state index in [9.17, 15) is 0 Å². The summed E-state index contributed by atoms with van der Waals surface area (Å²) in [6.07, 6.45) is 3.76. The number of aliphatic hydroxyl groups is 1. The first-order chi connectivity index (χ1) is 6.09. The van der Waals surface area contributed by atoms with E-state index < -0.39 is 0 Å². The van der Waals surface area contributed by atoms with E-state index in [1.54, 1.807) is 6.20 Å². The van der Waals surface area contributed by atoms with Crippen LogP contribution in [0.2, 0.25) is 0 Å². The number of H-pyrrole nitrogens is 1. The Morgan fingerprint density at radius 3 is 2.77 bits per heavy atom. The number of hydrogen-bond donors (Lipinski definition) is 2. The zero-order valence-corrected chi connectivity index (χ0v) is 8.59. The molecule has 3 nitrogen and oxygen atoms in total. The second-order valence-electron chi connectivity index (χ2n) is 4.23. The summed E-state index contributed by atoms with van der Waals surface area (Å²) < 4.78 is 0. The van der Waals surface area contributed by atoms with Gasteiger partial charge in [0.15, 0.2) is 0 Å². The van der Waals surface area contributed by atoms with Crippen molar-refractivity contribution in [2.75, 3.05) is 0 Å². The van der Waals surface area contributed by atoms with E-state index in [4.69, 9.17) is 5.11 Å². The quantitative estimate of drug-likeness (QED) is 0.747. The van der Waals surface area contributed by atoms with Crippen molar-refractivity contribution < 1.29 is 5.11 Å². The molecular weight excluding hydrogens is 164 g/mol. The molecule has 0 atom stereocenters. The molecule has 0 spiro atoms. The van der Waals surface area contributed by atoms with Crippen LogP contribution < -0.4 is 0 Å². The fourth-order valence-corrected chi connectivity index (χ4v) is 1.23. The Balaban J connectivity index is 2.73. The maximum absolute atomic E-state index is 9.02. The zero-order valence-electron chi connectivity index (χ0n) is 8.59. The SMILES string of the molecule is CCC(C)(C)Cc1[nH]ncc1CO. The van der Waals surface area contributed by atoms with Crippen molar-refractivity contribution >= 4 is 0 Å². The molecule has 1 rings (SSSR count). The maximum atomic E-state index is 9.02. The first-order valence-electron chi connectivity index (χ1n) is 4.71. The van der Waals surface area contributed by atoms with E-state index >= 15 is 0 Å². The predicted molar refractivity (Wildman–Crippen MR) is 52.3 cm³/mol. The molecule has 1 heterocycles. The van der Waals surface area contributed by atoms with Gasteiger partial charge in [-0.3, -0.25) is 5.10 Å². The Bertz CT molecular complexity index is 266. The fraction of sp³-hybridized carbons (Fsp3) is 0.700. The zero-order chi connectivity index (χ0) is 9.90. The molecular formula is C10H18N2O. The minimum Gasteiger partial charge on any atom is -0.392 e. The van der Waals surface area contributed by atoms with Crippen LogP contribution in [0.3, 0.4) is 0 Å². The normalized spacial score (nSPS) is 12.0. The lowest BCUT2D eigenvalue weighted by Gasteiger charge is -2.21. The maximum Gasteiger partial charge on any atom is 0.0715 e. The average Bonchev–Trinajstić information content (AvgIpc) is 2.51. The number of rotatable bonds is 4. The number of aromatic nitrogens is 2. The van der Waals surface area contributed by atoms with Crippen molar-refractivity contribution in [3.8, 4) is 0 Å². The van der Waals surface area contributed by atoms with E-state index in [0.717, 1.165) is 24.1 Å². The van der Waals surface area contributed by atoms with Crippen molar-refractivity contribution in [2.45, 2.75) is 40.2 Å². The van der Waals surface area contributed by atoms with E-state index in [-0.39, 0.29) is 12.0 Å². The highest BCUT2D eigenvalue weighted by molar-refractivity contribution is 5.16. The Hall–Kier alpha value is -0.830. The third kappa shape index (κ3) is 2.56. The highest BCUT2D eigenvalue weighted by Gasteiger charge is 2.18. The monoisotopic (exact) mass is 182 g/mol. The summed E-state index contributed by atoms with van der Waals surface area (Å²) in [7, 11) is 0. The molecule has 0 amide bonds. The lowest BCUT2D eigenvalue weighted by Crippen LogP contribution is -2.14. The molecule has 0 saturated carbocycles. The topological polar surface area (TPSA) is 48.9 Å².